The summed E-state index contributed by atoms with van der Waals surface area (Å²) in [5.74, 6) is 0.731. The van der Waals surface area contributed by atoms with Gasteiger partial charge in [0.05, 0.1) is 0 Å². The number of H-pyrrole nitrogens is 1. The predicted octanol–water partition coefficient (Wildman–Crippen LogP) is 2.68. The zero-order valence-electron chi connectivity index (χ0n) is 8.20. The highest BCUT2D eigenvalue weighted by Gasteiger charge is 2.04. The first-order valence-electron chi connectivity index (χ1n) is 4.36. The Morgan fingerprint density at radius 2 is 2.31 bits per heavy atom. The molecule has 0 saturated carbocycles. The molecule has 3 nitrogen and oxygen atoms in total. The molecule has 0 bridgehead atoms. The van der Waals surface area contributed by atoms with Crippen molar-refractivity contribution in [3.8, 4) is 0 Å². The zero-order valence-corrected chi connectivity index (χ0v) is 9.84. The monoisotopic (exact) mass is 217 g/mol. The molecule has 0 aromatic carbocycles. The zero-order chi connectivity index (χ0) is 9.84. The number of nitrogens with one attached hydrogen (secondary N) is 1. The van der Waals surface area contributed by atoms with E-state index in [1.807, 2.05) is 7.05 Å². The number of rotatable bonds is 4. The smallest absolute Gasteiger partial charge is 0.206 e. The minimum atomic E-state index is 0.731. The molecule has 1 heterocycles. The number of anilines is 1. The van der Waals surface area contributed by atoms with Crippen LogP contribution >= 0.6 is 23.6 Å². The molecule has 13 heavy (non-hydrogen) atoms. The first-order chi connectivity index (χ1) is 6.09. The lowest BCUT2D eigenvalue weighted by Crippen LogP contribution is -2.19. The third-order valence-electron chi connectivity index (χ3n) is 1.80. The summed E-state index contributed by atoms with van der Waals surface area (Å²) in [6, 6.07) is 0. The Labute approximate surface area is 87.8 Å². The highest BCUT2D eigenvalue weighted by atomic mass is 32.1. The summed E-state index contributed by atoms with van der Waals surface area (Å²) in [7, 11) is 2.05. The Kier molecular flexibility index (Phi) is 3.87. The topological polar surface area (TPSA) is 31.9 Å². The number of aromatic amines is 1. The van der Waals surface area contributed by atoms with Gasteiger partial charge in [-0.3, -0.25) is 5.10 Å². The van der Waals surface area contributed by atoms with Crippen molar-refractivity contribution < 1.29 is 0 Å². The quantitative estimate of drug-likeness (QED) is 0.787. The average Bonchev–Trinajstić information content (AvgIpc) is 2.47. The summed E-state index contributed by atoms with van der Waals surface area (Å²) in [6.07, 6.45) is 1.18. The molecule has 0 fully saturated rings. The van der Waals surface area contributed by atoms with Gasteiger partial charge in [-0.15, -0.1) is 5.10 Å². The van der Waals surface area contributed by atoms with E-state index < -0.39 is 0 Å². The number of hydrogen-bond acceptors (Lipinski definition) is 4. The Morgan fingerprint density at radius 1 is 1.62 bits per heavy atom. The van der Waals surface area contributed by atoms with E-state index in [1.165, 1.54) is 17.8 Å². The highest BCUT2D eigenvalue weighted by molar-refractivity contribution is 7.73. The van der Waals surface area contributed by atoms with Crippen LogP contribution in [0.25, 0.3) is 0 Å². The summed E-state index contributed by atoms with van der Waals surface area (Å²) >= 11 is 6.48. The van der Waals surface area contributed by atoms with Gasteiger partial charge >= 0.3 is 0 Å². The van der Waals surface area contributed by atoms with E-state index in [9.17, 15) is 0 Å². The summed E-state index contributed by atoms with van der Waals surface area (Å²) < 4.78 is 0.742. The molecule has 0 aliphatic rings. The third kappa shape index (κ3) is 3.44. The van der Waals surface area contributed by atoms with Crippen molar-refractivity contribution in [2.75, 3.05) is 18.5 Å². The molecular formula is C8H15N3S2. The molecule has 0 radical (unpaired) electrons. The van der Waals surface area contributed by atoms with Crippen molar-refractivity contribution in [1.29, 1.82) is 0 Å². The Balaban J connectivity index is 2.48. The SMILES string of the molecule is CC(C)CCN(C)c1n[nH]c(=S)s1. The van der Waals surface area contributed by atoms with Crippen LogP contribution in [0.4, 0.5) is 5.13 Å². The molecule has 1 aromatic rings. The Hall–Kier alpha value is -0.420. The van der Waals surface area contributed by atoms with Crippen LogP contribution in [-0.4, -0.2) is 23.8 Å². The van der Waals surface area contributed by atoms with Crippen LogP contribution in [-0.2, 0) is 0 Å². The van der Waals surface area contributed by atoms with Crippen molar-refractivity contribution >= 4 is 28.7 Å². The molecule has 0 spiro atoms. The standard InChI is InChI=1S/C8H15N3S2/c1-6(2)4-5-11(3)7-9-10-8(12)13-7/h6H,4-5H2,1-3H3,(H,10,12). The third-order valence-corrected chi connectivity index (χ3v) is 3.00. The van der Waals surface area contributed by atoms with Gasteiger partial charge in [-0.25, -0.2) is 0 Å². The second-order valence-corrected chi connectivity index (χ2v) is 5.14. The second-order valence-electron chi connectivity index (χ2n) is 3.50. The Bertz CT molecular complexity index is 302. The number of hydrogen-bond donors (Lipinski definition) is 1. The van der Waals surface area contributed by atoms with Crippen LogP contribution in [0.2, 0.25) is 0 Å². The Morgan fingerprint density at radius 3 is 2.77 bits per heavy atom. The molecule has 1 rings (SSSR count). The van der Waals surface area contributed by atoms with Gasteiger partial charge in [0.15, 0.2) is 3.95 Å². The van der Waals surface area contributed by atoms with Crippen molar-refractivity contribution in [3.05, 3.63) is 3.95 Å². The number of aromatic nitrogens is 2. The molecule has 5 heteroatoms. The van der Waals surface area contributed by atoms with Crippen molar-refractivity contribution in [2.24, 2.45) is 5.92 Å². The molecule has 1 N–H and O–H groups in total. The van der Waals surface area contributed by atoms with Gasteiger partial charge < -0.3 is 4.90 Å². The van der Waals surface area contributed by atoms with E-state index in [0.29, 0.717) is 0 Å². The first kappa shape index (κ1) is 10.7. The van der Waals surface area contributed by atoms with Crippen LogP contribution in [0.1, 0.15) is 20.3 Å². The van der Waals surface area contributed by atoms with Gasteiger partial charge in [0.2, 0.25) is 5.13 Å². The minimum absolute atomic E-state index is 0.731. The summed E-state index contributed by atoms with van der Waals surface area (Å²) in [6.45, 7) is 5.48. The van der Waals surface area contributed by atoms with E-state index in [-0.39, 0.29) is 0 Å². The molecule has 0 saturated heterocycles. The van der Waals surface area contributed by atoms with E-state index in [0.717, 1.165) is 21.5 Å². The van der Waals surface area contributed by atoms with Gasteiger partial charge in [-0.2, -0.15) is 0 Å². The van der Waals surface area contributed by atoms with E-state index in [4.69, 9.17) is 12.2 Å². The van der Waals surface area contributed by atoms with Crippen molar-refractivity contribution in [1.82, 2.24) is 10.2 Å². The maximum Gasteiger partial charge on any atom is 0.206 e. The fourth-order valence-corrected chi connectivity index (χ4v) is 1.80. The molecule has 0 aliphatic heterocycles. The molecular weight excluding hydrogens is 202 g/mol. The molecule has 0 unspecified atom stereocenters. The maximum absolute atomic E-state index is 4.96. The summed E-state index contributed by atoms with van der Waals surface area (Å²) in [5.41, 5.74) is 0. The second kappa shape index (κ2) is 4.72. The lowest BCUT2D eigenvalue weighted by atomic mass is 10.1. The van der Waals surface area contributed by atoms with Gasteiger partial charge in [0, 0.05) is 13.6 Å². The lowest BCUT2D eigenvalue weighted by molar-refractivity contribution is 0.584. The maximum atomic E-state index is 4.96. The molecule has 0 amide bonds. The van der Waals surface area contributed by atoms with Gasteiger partial charge in [0.25, 0.3) is 0 Å². The lowest BCUT2D eigenvalue weighted by Gasteiger charge is -2.15. The normalized spacial score (nSPS) is 10.8. The van der Waals surface area contributed by atoms with E-state index >= 15 is 0 Å². The first-order valence-corrected chi connectivity index (χ1v) is 5.58. The van der Waals surface area contributed by atoms with E-state index in [2.05, 4.69) is 28.9 Å². The highest BCUT2D eigenvalue weighted by Crippen LogP contribution is 2.16. The van der Waals surface area contributed by atoms with Gasteiger partial charge in [-0.05, 0) is 24.6 Å². The van der Waals surface area contributed by atoms with Gasteiger partial charge in [-0.1, -0.05) is 25.2 Å². The van der Waals surface area contributed by atoms with Crippen LogP contribution < -0.4 is 4.90 Å². The fraction of sp³-hybridized carbons (Fsp3) is 0.750. The molecule has 1 aromatic heterocycles. The van der Waals surface area contributed by atoms with Crippen molar-refractivity contribution in [2.45, 2.75) is 20.3 Å². The minimum Gasteiger partial charge on any atom is -0.350 e. The average molecular weight is 217 g/mol. The largest absolute Gasteiger partial charge is 0.350 e. The predicted molar refractivity (Wildman–Crippen MR) is 60.0 cm³/mol. The van der Waals surface area contributed by atoms with Crippen LogP contribution in [0, 0.1) is 9.87 Å². The van der Waals surface area contributed by atoms with Crippen LogP contribution in [0.3, 0.4) is 0 Å². The summed E-state index contributed by atoms with van der Waals surface area (Å²) in [4.78, 5) is 2.14. The van der Waals surface area contributed by atoms with Crippen LogP contribution in [0.15, 0.2) is 0 Å². The molecule has 74 valence electrons. The van der Waals surface area contributed by atoms with E-state index in [1.54, 1.807) is 0 Å². The van der Waals surface area contributed by atoms with Crippen LogP contribution in [0.5, 0.6) is 0 Å². The fourth-order valence-electron chi connectivity index (χ4n) is 0.933. The number of nitrogens with zero attached hydrogens (tertiary/aromatic N) is 2. The summed E-state index contributed by atoms with van der Waals surface area (Å²) in [5, 5.41) is 7.87. The molecule has 0 atom stereocenters. The van der Waals surface area contributed by atoms with Crippen molar-refractivity contribution in [3.63, 3.8) is 0 Å². The van der Waals surface area contributed by atoms with Gasteiger partial charge in [0.1, 0.15) is 0 Å². The molecule has 0 aliphatic carbocycles.